The first-order valence-corrected chi connectivity index (χ1v) is 9.92. The Labute approximate surface area is 169 Å². The minimum absolute atomic E-state index is 0.0139. The van der Waals surface area contributed by atoms with Crippen LogP contribution >= 0.6 is 0 Å². The number of hydrogen-bond acceptors (Lipinski definition) is 6. The van der Waals surface area contributed by atoms with E-state index in [-0.39, 0.29) is 22.3 Å². The molecule has 4 rings (SSSR count). The molecule has 0 unspecified atom stereocenters. The fourth-order valence-electron chi connectivity index (χ4n) is 4.07. The molecule has 0 aromatic heterocycles. The van der Waals surface area contributed by atoms with Gasteiger partial charge in [0, 0.05) is 29.7 Å². The molecule has 0 bridgehead atoms. The van der Waals surface area contributed by atoms with Crippen molar-refractivity contribution in [2.75, 3.05) is 26.3 Å². The van der Waals surface area contributed by atoms with Crippen molar-refractivity contribution in [1.82, 2.24) is 4.90 Å². The summed E-state index contributed by atoms with van der Waals surface area (Å²) in [5, 5.41) is 11.1. The number of fused-ring (bicyclic) bond motifs is 1. The van der Waals surface area contributed by atoms with E-state index in [0.717, 1.165) is 31.5 Å². The Morgan fingerprint density at radius 3 is 2.59 bits per heavy atom. The van der Waals surface area contributed by atoms with E-state index in [1.807, 2.05) is 18.2 Å². The predicted octanol–water partition coefficient (Wildman–Crippen LogP) is 3.77. The molecule has 152 valence electrons. The molecule has 2 heterocycles. The summed E-state index contributed by atoms with van der Waals surface area (Å²) in [5.74, 6) is 1.46. The standard InChI is InChI=1S/C22H24N2O5/c1-15-18(3-2-4-19(15)24(26)27)14-23-9-7-16(8-10-23)22(25)17-5-6-20-21(13-17)29-12-11-28-20/h2-6,13,16H,7-12,14H2,1H3. The van der Waals surface area contributed by atoms with E-state index >= 15 is 0 Å². The van der Waals surface area contributed by atoms with Crippen molar-refractivity contribution < 1.29 is 19.2 Å². The second-order valence-corrected chi connectivity index (χ2v) is 7.59. The maximum absolute atomic E-state index is 12.9. The second kappa shape index (κ2) is 8.21. The van der Waals surface area contributed by atoms with Crippen LogP contribution in [0.2, 0.25) is 0 Å². The molecule has 0 amide bonds. The Balaban J connectivity index is 1.38. The molecule has 2 aliphatic rings. The molecule has 0 aliphatic carbocycles. The highest BCUT2D eigenvalue weighted by Crippen LogP contribution is 2.33. The summed E-state index contributed by atoms with van der Waals surface area (Å²) in [7, 11) is 0. The number of piperidine rings is 1. The monoisotopic (exact) mass is 396 g/mol. The number of nitro groups is 1. The lowest BCUT2D eigenvalue weighted by Crippen LogP contribution is -2.36. The number of likely N-dealkylation sites (tertiary alicyclic amines) is 1. The van der Waals surface area contributed by atoms with Crippen LogP contribution in [-0.2, 0) is 6.54 Å². The zero-order valence-electron chi connectivity index (χ0n) is 16.4. The predicted molar refractivity (Wildman–Crippen MR) is 108 cm³/mol. The largest absolute Gasteiger partial charge is 0.486 e. The molecule has 7 nitrogen and oxygen atoms in total. The van der Waals surface area contributed by atoms with Crippen LogP contribution in [0, 0.1) is 23.0 Å². The SMILES string of the molecule is Cc1c(CN2CCC(C(=O)c3ccc4c(c3)OCCO4)CC2)cccc1[N+](=O)[O-]. The first-order valence-electron chi connectivity index (χ1n) is 9.92. The Kier molecular flexibility index (Phi) is 5.49. The normalized spacial score (nSPS) is 17.1. The molecule has 1 saturated heterocycles. The van der Waals surface area contributed by atoms with E-state index in [0.29, 0.717) is 42.4 Å². The molecule has 0 saturated carbocycles. The lowest BCUT2D eigenvalue weighted by Gasteiger charge is -2.31. The van der Waals surface area contributed by atoms with Gasteiger partial charge in [0.25, 0.3) is 5.69 Å². The molecule has 0 spiro atoms. The van der Waals surface area contributed by atoms with Crippen molar-refractivity contribution in [3.05, 3.63) is 63.2 Å². The third-order valence-corrected chi connectivity index (χ3v) is 5.79. The Morgan fingerprint density at radius 2 is 1.86 bits per heavy atom. The number of ketones is 1. The number of rotatable bonds is 5. The third kappa shape index (κ3) is 4.10. The maximum atomic E-state index is 12.9. The number of benzene rings is 2. The third-order valence-electron chi connectivity index (χ3n) is 5.79. The molecule has 0 atom stereocenters. The number of nitro benzene ring substituents is 1. The van der Waals surface area contributed by atoms with E-state index in [1.54, 1.807) is 19.1 Å². The van der Waals surface area contributed by atoms with Gasteiger partial charge in [0.2, 0.25) is 0 Å². The highest BCUT2D eigenvalue weighted by atomic mass is 16.6. The Morgan fingerprint density at radius 1 is 1.14 bits per heavy atom. The minimum atomic E-state index is -0.336. The van der Waals surface area contributed by atoms with E-state index in [1.165, 1.54) is 6.07 Å². The summed E-state index contributed by atoms with van der Waals surface area (Å²) < 4.78 is 11.1. The number of carbonyl (C=O) groups is 1. The van der Waals surface area contributed by atoms with Crippen LogP contribution in [0.3, 0.4) is 0 Å². The molecule has 1 fully saturated rings. The van der Waals surface area contributed by atoms with Crippen LogP contribution < -0.4 is 9.47 Å². The van der Waals surface area contributed by atoms with Crippen LogP contribution in [0.5, 0.6) is 11.5 Å². The summed E-state index contributed by atoms with van der Waals surface area (Å²) in [4.78, 5) is 26.0. The van der Waals surface area contributed by atoms with E-state index in [4.69, 9.17) is 9.47 Å². The molecule has 2 aliphatic heterocycles. The summed E-state index contributed by atoms with van der Waals surface area (Å²) >= 11 is 0. The van der Waals surface area contributed by atoms with Crippen LogP contribution in [-0.4, -0.2) is 41.9 Å². The highest BCUT2D eigenvalue weighted by Gasteiger charge is 2.27. The minimum Gasteiger partial charge on any atom is -0.486 e. The summed E-state index contributed by atoms with van der Waals surface area (Å²) in [6.07, 6.45) is 1.56. The van der Waals surface area contributed by atoms with Crippen molar-refractivity contribution in [3.63, 3.8) is 0 Å². The van der Waals surface area contributed by atoms with Gasteiger partial charge in [-0.1, -0.05) is 12.1 Å². The van der Waals surface area contributed by atoms with Gasteiger partial charge in [-0.15, -0.1) is 0 Å². The molecular formula is C22H24N2O5. The molecular weight excluding hydrogens is 372 g/mol. The quantitative estimate of drug-likeness (QED) is 0.435. The molecule has 29 heavy (non-hydrogen) atoms. The lowest BCUT2D eigenvalue weighted by molar-refractivity contribution is -0.385. The molecule has 0 N–H and O–H groups in total. The lowest BCUT2D eigenvalue weighted by atomic mass is 9.88. The number of hydrogen-bond donors (Lipinski definition) is 0. The first-order chi connectivity index (χ1) is 14.0. The maximum Gasteiger partial charge on any atom is 0.272 e. The van der Waals surface area contributed by atoms with E-state index < -0.39 is 0 Å². The van der Waals surface area contributed by atoms with Gasteiger partial charge in [0.05, 0.1) is 4.92 Å². The molecule has 2 aromatic rings. The zero-order chi connectivity index (χ0) is 20.4. The fourth-order valence-corrected chi connectivity index (χ4v) is 4.07. The van der Waals surface area contributed by atoms with Crippen molar-refractivity contribution in [3.8, 4) is 11.5 Å². The molecule has 7 heteroatoms. The topological polar surface area (TPSA) is 81.9 Å². The van der Waals surface area contributed by atoms with Gasteiger partial charge in [0.15, 0.2) is 17.3 Å². The van der Waals surface area contributed by atoms with Gasteiger partial charge in [0.1, 0.15) is 13.2 Å². The summed E-state index contributed by atoms with van der Waals surface area (Å²) in [5.41, 5.74) is 2.51. The average Bonchev–Trinajstić information content (AvgIpc) is 2.74. The number of nitrogens with zero attached hydrogens (tertiary/aromatic N) is 2. The summed E-state index contributed by atoms with van der Waals surface area (Å²) in [6, 6.07) is 10.6. The molecule has 2 aromatic carbocycles. The van der Waals surface area contributed by atoms with Crippen LogP contribution in [0.15, 0.2) is 36.4 Å². The average molecular weight is 396 g/mol. The number of Topliss-reactive ketones (excluding diaryl/α,β-unsaturated/α-hetero) is 1. The Hall–Kier alpha value is -2.93. The van der Waals surface area contributed by atoms with Gasteiger partial charge in [-0.05, 0) is 56.6 Å². The van der Waals surface area contributed by atoms with Gasteiger partial charge < -0.3 is 9.47 Å². The fraction of sp³-hybridized carbons (Fsp3) is 0.409. The van der Waals surface area contributed by atoms with Crippen molar-refractivity contribution in [2.45, 2.75) is 26.3 Å². The number of carbonyl (C=O) groups excluding carboxylic acids is 1. The summed E-state index contributed by atoms with van der Waals surface area (Å²) in [6.45, 7) is 5.08. The van der Waals surface area contributed by atoms with Crippen molar-refractivity contribution in [2.24, 2.45) is 5.92 Å². The zero-order valence-corrected chi connectivity index (χ0v) is 16.4. The van der Waals surface area contributed by atoms with Crippen molar-refractivity contribution in [1.29, 1.82) is 0 Å². The van der Waals surface area contributed by atoms with Crippen LogP contribution in [0.4, 0.5) is 5.69 Å². The van der Waals surface area contributed by atoms with E-state index in [9.17, 15) is 14.9 Å². The molecule has 0 radical (unpaired) electrons. The highest BCUT2D eigenvalue weighted by molar-refractivity contribution is 5.98. The first kappa shape index (κ1) is 19.4. The van der Waals surface area contributed by atoms with Gasteiger partial charge in [-0.25, -0.2) is 0 Å². The van der Waals surface area contributed by atoms with Crippen LogP contribution in [0.25, 0.3) is 0 Å². The van der Waals surface area contributed by atoms with Crippen LogP contribution in [0.1, 0.15) is 34.3 Å². The van der Waals surface area contributed by atoms with Gasteiger partial charge in [-0.2, -0.15) is 0 Å². The second-order valence-electron chi connectivity index (χ2n) is 7.59. The van der Waals surface area contributed by atoms with Crippen molar-refractivity contribution >= 4 is 11.5 Å². The van der Waals surface area contributed by atoms with Gasteiger partial charge in [-0.3, -0.25) is 19.8 Å². The van der Waals surface area contributed by atoms with Gasteiger partial charge >= 0.3 is 0 Å². The smallest absolute Gasteiger partial charge is 0.272 e. The van der Waals surface area contributed by atoms with E-state index in [2.05, 4.69) is 4.90 Å². The Bertz CT molecular complexity index is 935. The number of ether oxygens (including phenoxy) is 2.